The molecule has 0 unspecified atom stereocenters. The van der Waals surface area contributed by atoms with Gasteiger partial charge in [-0.05, 0) is 42.5 Å². The van der Waals surface area contributed by atoms with Crippen molar-refractivity contribution in [3.8, 4) is 22.7 Å². The fourth-order valence-corrected chi connectivity index (χ4v) is 3.30. The maximum atomic E-state index is 14.2. The highest BCUT2D eigenvalue weighted by Crippen LogP contribution is 2.34. The lowest BCUT2D eigenvalue weighted by Crippen LogP contribution is -2.12. The first kappa shape index (κ1) is 20.6. The van der Waals surface area contributed by atoms with Gasteiger partial charge in [0.15, 0.2) is 17.9 Å². The molecule has 1 aromatic heterocycles. The number of methoxy groups -OCH3 is 1. The summed E-state index contributed by atoms with van der Waals surface area (Å²) in [5, 5.41) is 8.84. The summed E-state index contributed by atoms with van der Waals surface area (Å²) < 4.78 is 69.7. The second kappa shape index (κ2) is 7.68. The summed E-state index contributed by atoms with van der Waals surface area (Å²) in [5.74, 6) is -0.836. The van der Waals surface area contributed by atoms with Crippen LogP contribution in [0.3, 0.4) is 0 Å². The van der Waals surface area contributed by atoms with Crippen molar-refractivity contribution in [3.63, 3.8) is 0 Å². The lowest BCUT2D eigenvalue weighted by molar-refractivity contribution is 0.110. The molecular weight excluding hydrogens is 411 g/mol. The molecule has 29 heavy (non-hydrogen) atoms. The molecule has 0 saturated heterocycles. The minimum atomic E-state index is -3.97. The van der Waals surface area contributed by atoms with Gasteiger partial charge in [0.2, 0.25) is 10.0 Å². The monoisotopic (exact) mass is 425 g/mol. The number of halogens is 3. The fourth-order valence-electron chi connectivity index (χ4n) is 2.78. The van der Waals surface area contributed by atoms with Crippen LogP contribution in [0.15, 0.2) is 47.4 Å². The number of carbonyl (C=O) groups is 1. The van der Waals surface area contributed by atoms with Crippen molar-refractivity contribution in [1.82, 2.24) is 9.78 Å². The predicted molar refractivity (Wildman–Crippen MR) is 97.2 cm³/mol. The van der Waals surface area contributed by atoms with Crippen LogP contribution in [0.25, 0.3) is 16.9 Å². The number of nitrogens with zero attached hydrogens (tertiary/aromatic N) is 2. The SMILES string of the molecule is COc1ccc(-c2c(C=O)c(C(F)F)nn2-c2ccc(S(N)(=O)=O)cc2)cc1F. The zero-order chi connectivity index (χ0) is 21.3. The Kier molecular flexibility index (Phi) is 5.44. The standard InChI is InChI=1S/C18H14F3N3O4S/c1-28-15-7-2-10(8-14(15)19)17-13(9-25)16(18(20)21)23-24(17)11-3-5-12(6-4-11)29(22,26)27/h2-9,18H,1H3,(H2,22,26,27). The Bertz CT molecular complexity index is 1180. The highest BCUT2D eigenvalue weighted by Gasteiger charge is 2.26. The highest BCUT2D eigenvalue weighted by molar-refractivity contribution is 7.89. The topological polar surface area (TPSA) is 104 Å². The molecule has 3 aromatic rings. The maximum absolute atomic E-state index is 14.2. The zero-order valence-corrected chi connectivity index (χ0v) is 15.7. The summed E-state index contributed by atoms with van der Waals surface area (Å²) in [6.07, 6.45) is -2.86. The molecule has 0 atom stereocenters. The van der Waals surface area contributed by atoms with E-state index < -0.39 is 33.5 Å². The molecule has 152 valence electrons. The number of hydrogen-bond donors (Lipinski definition) is 1. The van der Waals surface area contributed by atoms with E-state index in [4.69, 9.17) is 9.88 Å². The van der Waals surface area contributed by atoms with Crippen LogP contribution >= 0.6 is 0 Å². The Morgan fingerprint density at radius 2 is 1.83 bits per heavy atom. The molecule has 0 saturated carbocycles. The molecule has 0 aliphatic rings. The first-order valence-corrected chi connectivity index (χ1v) is 9.55. The van der Waals surface area contributed by atoms with Crippen molar-refractivity contribution < 1.29 is 31.1 Å². The number of benzene rings is 2. The third-order valence-corrected chi connectivity index (χ3v) is 5.04. The van der Waals surface area contributed by atoms with E-state index in [0.717, 1.165) is 22.9 Å². The molecule has 11 heteroatoms. The molecule has 1 heterocycles. The van der Waals surface area contributed by atoms with Gasteiger partial charge >= 0.3 is 0 Å². The second-order valence-corrected chi connectivity index (χ2v) is 7.43. The number of ether oxygens (including phenoxy) is 1. The molecule has 2 aromatic carbocycles. The van der Waals surface area contributed by atoms with Crippen LogP contribution < -0.4 is 9.88 Å². The van der Waals surface area contributed by atoms with Gasteiger partial charge in [0, 0.05) is 5.56 Å². The Morgan fingerprint density at radius 1 is 1.17 bits per heavy atom. The van der Waals surface area contributed by atoms with Crippen molar-refractivity contribution in [3.05, 3.63) is 59.5 Å². The van der Waals surface area contributed by atoms with E-state index in [2.05, 4.69) is 5.10 Å². The van der Waals surface area contributed by atoms with Gasteiger partial charge in [-0.1, -0.05) is 0 Å². The van der Waals surface area contributed by atoms with E-state index in [9.17, 15) is 26.4 Å². The van der Waals surface area contributed by atoms with E-state index >= 15 is 0 Å². The molecule has 2 N–H and O–H groups in total. The normalized spacial score (nSPS) is 11.7. The van der Waals surface area contributed by atoms with Gasteiger partial charge in [-0.15, -0.1) is 0 Å². The number of nitrogens with two attached hydrogens (primary N) is 1. The first-order chi connectivity index (χ1) is 13.7. The second-order valence-electron chi connectivity index (χ2n) is 5.87. The van der Waals surface area contributed by atoms with Crippen LogP contribution in [0.4, 0.5) is 13.2 Å². The Labute approximate surface area is 163 Å². The minimum Gasteiger partial charge on any atom is -0.494 e. The molecular formula is C18H14F3N3O4S. The number of sulfonamides is 1. The molecule has 0 amide bonds. The number of alkyl halides is 2. The fraction of sp³-hybridized carbons (Fsp3) is 0.111. The van der Waals surface area contributed by atoms with E-state index in [-0.39, 0.29) is 33.9 Å². The molecule has 0 fully saturated rings. The maximum Gasteiger partial charge on any atom is 0.282 e. The highest BCUT2D eigenvalue weighted by atomic mass is 32.2. The number of aromatic nitrogens is 2. The summed E-state index contributed by atoms with van der Waals surface area (Å²) in [6.45, 7) is 0. The van der Waals surface area contributed by atoms with Crippen LogP contribution in [0, 0.1) is 5.82 Å². The Morgan fingerprint density at radius 3 is 2.31 bits per heavy atom. The Hall–Kier alpha value is -3.18. The molecule has 0 aliphatic heterocycles. The van der Waals surface area contributed by atoms with Gasteiger partial charge in [0.1, 0.15) is 5.69 Å². The van der Waals surface area contributed by atoms with Gasteiger partial charge in [-0.25, -0.2) is 31.4 Å². The van der Waals surface area contributed by atoms with Gasteiger partial charge in [0.05, 0.1) is 29.0 Å². The van der Waals surface area contributed by atoms with E-state index in [1.807, 2.05) is 0 Å². The minimum absolute atomic E-state index is 0.0703. The van der Waals surface area contributed by atoms with E-state index in [1.54, 1.807) is 0 Å². The summed E-state index contributed by atoms with van der Waals surface area (Å²) in [6, 6.07) is 8.56. The van der Waals surface area contributed by atoms with Crippen LogP contribution in [0.5, 0.6) is 5.75 Å². The van der Waals surface area contributed by atoms with Crippen molar-refractivity contribution in [2.45, 2.75) is 11.3 Å². The summed E-state index contributed by atoms with van der Waals surface area (Å²) >= 11 is 0. The van der Waals surface area contributed by atoms with Gasteiger partial charge in [-0.3, -0.25) is 4.79 Å². The smallest absolute Gasteiger partial charge is 0.282 e. The van der Waals surface area contributed by atoms with Crippen LogP contribution in [-0.2, 0) is 10.0 Å². The number of carbonyl (C=O) groups excluding carboxylic acids is 1. The molecule has 0 radical (unpaired) electrons. The number of primary sulfonamides is 1. The molecule has 0 aliphatic carbocycles. The summed E-state index contributed by atoms with van der Waals surface area (Å²) in [5.41, 5.74) is -1.03. The van der Waals surface area contributed by atoms with Crippen LogP contribution in [0.1, 0.15) is 22.5 Å². The number of hydrogen-bond acceptors (Lipinski definition) is 5. The van der Waals surface area contributed by atoms with Gasteiger partial charge in [0.25, 0.3) is 6.43 Å². The van der Waals surface area contributed by atoms with Gasteiger partial charge < -0.3 is 4.74 Å². The van der Waals surface area contributed by atoms with Crippen molar-refractivity contribution >= 4 is 16.3 Å². The number of rotatable bonds is 6. The van der Waals surface area contributed by atoms with Gasteiger partial charge in [-0.2, -0.15) is 5.10 Å². The largest absolute Gasteiger partial charge is 0.494 e. The average molecular weight is 425 g/mol. The molecule has 7 nitrogen and oxygen atoms in total. The van der Waals surface area contributed by atoms with Crippen molar-refractivity contribution in [1.29, 1.82) is 0 Å². The summed E-state index contributed by atoms with van der Waals surface area (Å²) in [4.78, 5) is 11.4. The first-order valence-electron chi connectivity index (χ1n) is 8.00. The predicted octanol–water partition coefficient (Wildman–Crippen LogP) is 3.08. The zero-order valence-electron chi connectivity index (χ0n) is 14.8. The van der Waals surface area contributed by atoms with E-state index in [0.29, 0.717) is 0 Å². The number of aldehydes is 1. The molecule has 0 bridgehead atoms. The molecule has 3 rings (SSSR count). The van der Waals surface area contributed by atoms with Crippen LogP contribution in [-0.4, -0.2) is 31.6 Å². The van der Waals surface area contributed by atoms with Crippen molar-refractivity contribution in [2.24, 2.45) is 5.14 Å². The third-order valence-electron chi connectivity index (χ3n) is 4.11. The third kappa shape index (κ3) is 3.87. The quantitative estimate of drug-likeness (QED) is 0.611. The summed E-state index contributed by atoms with van der Waals surface area (Å²) in [7, 11) is -2.70. The average Bonchev–Trinajstić information content (AvgIpc) is 3.07. The molecule has 0 spiro atoms. The van der Waals surface area contributed by atoms with Crippen molar-refractivity contribution in [2.75, 3.05) is 7.11 Å². The Balaban J connectivity index is 2.27. The van der Waals surface area contributed by atoms with E-state index in [1.165, 1.54) is 31.4 Å². The lowest BCUT2D eigenvalue weighted by atomic mass is 10.1. The van der Waals surface area contributed by atoms with Crippen LogP contribution in [0.2, 0.25) is 0 Å². The lowest BCUT2D eigenvalue weighted by Gasteiger charge is -2.10.